The normalized spacial score (nSPS) is 23.8. The van der Waals surface area contributed by atoms with Crippen molar-refractivity contribution in [2.24, 2.45) is 0 Å². The number of carbonyl (C=O) groups excluding carboxylic acids is 2. The van der Waals surface area contributed by atoms with Crippen LogP contribution in [0.15, 0.2) is 30.3 Å². The van der Waals surface area contributed by atoms with Gasteiger partial charge in [0.25, 0.3) is 0 Å². The molecule has 2 bridgehead atoms. The molecule has 1 aromatic carbocycles. The Morgan fingerprint density at radius 3 is 2.77 bits per heavy atom. The second-order valence-corrected chi connectivity index (χ2v) is 5.52. The van der Waals surface area contributed by atoms with Crippen molar-refractivity contribution in [3.8, 4) is 0 Å². The predicted molar refractivity (Wildman–Crippen MR) is 78.6 cm³/mol. The highest BCUT2D eigenvalue weighted by Gasteiger charge is 2.48. The lowest BCUT2D eigenvalue weighted by molar-refractivity contribution is -0.149. The number of esters is 1. The smallest absolute Gasteiger partial charge is 0.345 e. The lowest BCUT2D eigenvalue weighted by atomic mass is 10.0. The molecule has 6 heteroatoms. The van der Waals surface area contributed by atoms with E-state index in [0.29, 0.717) is 26.2 Å². The number of urea groups is 1. The molecular weight excluding hydrogens is 284 g/mol. The molecule has 2 atom stereocenters. The number of hydrogen-bond acceptors (Lipinski definition) is 4. The van der Waals surface area contributed by atoms with Gasteiger partial charge in [-0.2, -0.15) is 5.06 Å². The van der Waals surface area contributed by atoms with Crippen LogP contribution in [0, 0.1) is 0 Å². The molecule has 1 unspecified atom stereocenters. The Balaban J connectivity index is 1.64. The van der Waals surface area contributed by atoms with E-state index in [0.717, 1.165) is 12.0 Å². The van der Waals surface area contributed by atoms with Gasteiger partial charge in [0.15, 0.2) is 0 Å². The van der Waals surface area contributed by atoms with Crippen LogP contribution in [0.4, 0.5) is 4.79 Å². The molecule has 0 saturated carbocycles. The molecule has 0 aromatic heterocycles. The van der Waals surface area contributed by atoms with Gasteiger partial charge in [-0.1, -0.05) is 30.3 Å². The molecule has 2 fully saturated rings. The fourth-order valence-corrected chi connectivity index (χ4v) is 3.00. The van der Waals surface area contributed by atoms with E-state index in [-0.39, 0.29) is 18.0 Å². The van der Waals surface area contributed by atoms with Crippen molar-refractivity contribution < 1.29 is 19.2 Å². The second-order valence-electron chi connectivity index (χ2n) is 5.52. The van der Waals surface area contributed by atoms with Gasteiger partial charge in [0.1, 0.15) is 12.6 Å². The van der Waals surface area contributed by atoms with Gasteiger partial charge in [0, 0.05) is 6.54 Å². The number of ether oxygens (including phenoxy) is 1. The van der Waals surface area contributed by atoms with Gasteiger partial charge in [-0.25, -0.2) is 9.59 Å². The molecule has 6 nitrogen and oxygen atoms in total. The van der Waals surface area contributed by atoms with Gasteiger partial charge in [0.05, 0.1) is 12.6 Å². The van der Waals surface area contributed by atoms with Crippen LogP contribution in [-0.4, -0.2) is 47.2 Å². The summed E-state index contributed by atoms with van der Waals surface area (Å²) in [6.07, 6.45) is 1.38. The summed E-state index contributed by atoms with van der Waals surface area (Å²) in [6.45, 7) is 2.97. The first-order chi connectivity index (χ1) is 10.7. The van der Waals surface area contributed by atoms with Crippen molar-refractivity contribution in [3.63, 3.8) is 0 Å². The molecule has 118 valence electrons. The third kappa shape index (κ3) is 2.78. The zero-order valence-corrected chi connectivity index (χ0v) is 12.6. The Morgan fingerprint density at radius 1 is 1.27 bits per heavy atom. The third-order valence-corrected chi connectivity index (χ3v) is 4.09. The topological polar surface area (TPSA) is 59.1 Å². The molecule has 3 rings (SSSR count). The van der Waals surface area contributed by atoms with Crippen molar-refractivity contribution in [1.29, 1.82) is 0 Å². The Kier molecular flexibility index (Phi) is 4.29. The molecular formula is C16H20N2O4. The summed E-state index contributed by atoms with van der Waals surface area (Å²) < 4.78 is 5.05. The minimum atomic E-state index is -0.478. The van der Waals surface area contributed by atoms with E-state index in [1.165, 1.54) is 5.06 Å². The third-order valence-electron chi connectivity index (χ3n) is 4.09. The summed E-state index contributed by atoms with van der Waals surface area (Å²) in [5.41, 5.74) is 1.01. The number of carbonyl (C=O) groups is 2. The molecule has 22 heavy (non-hydrogen) atoms. The number of fused-ring (bicyclic) bond motifs is 2. The van der Waals surface area contributed by atoms with Gasteiger partial charge in [0.2, 0.25) is 0 Å². The van der Waals surface area contributed by atoms with Crippen molar-refractivity contribution >= 4 is 12.0 Å². The molecule has 2 aliphatic heterocycles. The lowest BCUT2D eigenvalue weighted by Gasteiger charge is -2.28. The van der Waals surface area contributed by atoms with Crippen LogP contribution in [0.1, 0.15) is 25.3 Å². The summed E-state index contributed by atoms with van der Waals surface area (Å²) in [7, 11) is 0. The fraction of sp³-hybridized carbons (Fsp3) is 0.500. The first kappa shape index (κ1) is 14.8. The van der Waals surface area contributed by atoms with Gasteiger partial charge < -0.3 is 9.64 Å². The van der Waals surface area contributed by atoms with Gasteiger partial charge in [-0.3, -0.25) is 4.84 Å². The van der Waals surface area contributed by atoms with Crippen molar-refractivity contribution in [3.05, 3.63) is 35.9 Å². The number of piperidine rings is 1. The summed E-state index contributed by atoms with van der Waals surface area (Å²) in [5.74, 6) is -0.320. The van der Waals surface area contributed by atoms with Gasteiger partial charge >= 0.3 is 12.0 Å². The van der Waals surface area contributed by atoms with E-state index in [1.807, 2.05) is 30.3 Å². The molecule has 2 heterocycles. The highest BCUT2D eigenvalue weighted by atomic mass is 16.7. The molecule has 0 N–H and O–H groups in total. The van der Waals surface area contributed by atoms with E-state index in [9.17, 15) is 9.59 Å². The molecule has 2 saturated heterocycles. The van der Waals surface area contributed by atoms with Crippen LogP contribution in [0.2, 0.25) is 0 Å². The first-order valence-corrected chi connectivity index (χ1v) is 7.64. The lowest BCUT2D eigenvalue weighted by Crippen LogP contribution is -2.45. The number of benzene rings is 1. The Hall–Kier alpha value is -2.08. The minimum absolute atomic E-state index is 0.0156. The average Bonchev–Trinajstić information content (AvgIpc) is 2.78. The maximum Gasteiger partial charge on any atom is 0.345 e. The van der Waals surface area contributed by atoms with Crippen LogP contribution in [0.5, 0.6) is 0 Å². The maximum absolute atomic E-state index is 12.4. The predicted octanol–water partition coefficient (Wildman–Crippen LogP) is 1.95. The number of rotatable bonds is 5. The van der Waals surface area contributed by atoms with E-state index in [4.69, 9.17) is 9.57 Å². The fourth-order valence-electron chi connectivity index (χ4n) is 3.00. The van der Waals surface area contributed by atoms with E-state index < -0.39 is 6.04 Å². The summed E-state index contributed by atoms with van der Waals surface area (Å²) in [4.78, 5) is 31.6. The summed E-state index contributed by atoms with van der Waals surface area (Å²) in [5, 5.41) is 1.42. The monoisotopic (exact) mass is 304 g/mol. The van der Waals surface area contributed by atoms with Crippen LogP contribution < -0.4 is 0 Å². The summed E-state index contributed by atoms with van der Waals surface area (Å²) >= 11 is 0. The van der Waals surface area contributed by atoms with E-state index >= 15 is 0 Å². The Morgan fingerprint density at radius 2 is 2.05 bits per heavy atom. The molecule has 2 amide bonds. The van der Waals surface area contributed by atoms with Gasteiger partial charge in [-0.05, 0) is 25.3 Å². The number of amides is 2. The van der Waals surface area contributed by atoms with Crippen LogP contribution in [0.25, 0.3) is 0 Å². The zero-order chi connectivity index (χ0) is 15.5. The van der Waals surface area contributed by atoms with Crippen LogP contribution >= 0.6 is 0 Å². The number of nitrogens with zero attached hydrogens (tertiary/aromatic N) is 2. The molecule has 0 aliphatic carbocycles. The molecule has 0 radical (unpaired) electrons. The van der Waals surface area contributed by atoms with Crippen molar-refractivity contribution in [2.45, 2.75) is 38.5 Å². The van der Waals surface area contributed by atoms with Crippen molar-refractivity contribution in [2.75, 3.05) is 13.2 Å². The molecule has 0 spiro atoms. The maximum atomic E-state index is 12.4. The highest BCUT2D eigenvalue weighted by Crippen LogP contribution is 2.30. The van der Waals surface area contributed by atoms with Crippen LogP contribution in [0.3, 0.4) is 0 Å². The second kappa shape index (κ2) is 6.36. The largest absolute Gasteiger partial charge is 0.464 e. The van der Waals surface area contributed by atoms with Crippen LogP contribution in [-0.2, 0) is 21.0 Å². The van der Waals surface area contributed by atoms with E-state index in [1.54, 1.807) is 11.8 Å². The summed E-state index contributed by atoms with van der Waals surface area (Å²) in [6, 6.07) is 9.01. The Bertz CT molecular complexity index is 548. The average molecular weight is 304 g/mol. The SMILES string of the molecule is CCOC(=O)C1CC[C@@H]2CN1C(=O)N2OCc1ccccc1. The molecule has 1 aromatic rings. The quantitative estimate of drug-likeness (QED) is 0.780. The van der Waals surface area contributed by atoms with Gasteiger partial charge in [-0.15, -0.1) is 0 Å². The first-order valence-electron chi connectivity index (χ1n) is 7.64. The minimum Gasteiger partial charge on any atom is -0.464 e. The number of hydroxylamine groups is 2. The number of hydrogen-bond donors (Lipinski definition) is 0. The standard InChI is InChI=1S/C16H20N2O4/c1-2-21-15(19)14-9-8-13-10-17(14)16(20)18(13)22-11-12-6-4-3-5-7-12/h3-7,13-14H,2,8-11H2,1H3/t13-,14?/m1/s1. The van der Waals surface area contributed by atoms with Crippen molar-refractivity contribution in [1.82, 2.24) is 9.96 Å². The van der Waals surface area contributed by atoms with E-state index in [2.05, 4.69) is 0 Å². The Labute approximate surface area is 129 Å². The molecule has 2 aliphatic rings. The highest BCUT2D eigenvalue weighted by molar-refractivity contribution is 5.85. The zero-order valence-electron chi connectivity index (χ0n) is 12.6.